The number of tetrazole rings is 1. The van der Waals surface area contributed by atoms with Gasteiger partial charge < -0.3 is 9.84 Å². The van der Waals surface area contributed by atoms with Gasteiger partial charge in [-0.3, -0.25) is 4.79 Å². The lowest BCUT2D eigenvalue weighted by atomic mass is 10.1. The van der Waals surface area contributed by atoms with Gasteiger partial charge in [-0.15, -0.1) is 5.10 Å². The van der Waals surface area contributed by atoms with Crippen LogP contribution in [0.5, 0.6) is 5.75 Å². The van der Waals surface area contributed by atoms with Crippen LogP contribution < -0.4 is 4.74 Å². The minimum Gasteiger partial charge on any atom is -0.497 e. The summed E-state index contributed by atoms with van der Waals surface area (Å²) in [6.45, 7) is 1.82. The molecule has 0 aliphatic carbocycles. The van der Waals surface area contributed by atoms with E-state index in [1.807, 2.05) is 6.92 Å². The number of ether oxygens (including phenoxy) is 1. The molecule has 2 rings (SSSR count). The van der Waals surface area contributed by atoms with Crippen molar-refractivity contribution in [2.45, 2.75) is 25.8 Å². The summed E-state index contributed by atoms with van der Waals surface area (Å²) < 4.78 is 20.4. The van der Waals surface area contributed by atoms with Crippen molar-refractivity contribution in [2.75, 3.05) is 7.11 Å². The van der Waals surface area contributed by atoms with E-state index in [-0.39, 0.29) is 17.8 Å². The summed E-state index contributed by atoms with van der Waals surface area (Å²) in [5, 5.41) is 20.1. The molecule has 0 spiro atoms. The highest BCUT2D eigenvalue weighted by atomic mass is 19.1. The predicted octanol–water partition coefficient (Wildman–Crippen LogP) is 1.91. The van der Waals surface area contributed by atoms with Gasteiger partial charge in [0.1, 0.15) is 11.6 Å². The third-order valence-electron chi connectivity index (χ3n) is 3.14. The van der Waals surface area contributed by atoms with Gasteiger partial charge in [-0.2, -0.15) is 0 Å². The van der Waals surface area contributed by atoms with Crippen LogP contribution in [0.3, 0.4) is 0 Å². The van der Waals surface area contributed by atoms with E-state index in [9.17, 15) is 9.18 Å². The third-order valence-corrected chi connectivity index (χ3v) is 3.14. The zero-order chi connectivity index (χ0) is 15.4. The van der Waals surface area contributed by atoms with Crippen molar-refractivity contribution in [2.24, 2.45) is 0 Å². The first-order valence-electron chi connectivity index (χ1n) is 6.40. The van der Waals surface area contributed by atoms with Gasteiger partial charge in [0.05, 0.1) is 25.1 Å². The Bertz CT molecular complexity index is 644. The highest BCUT2D eigenvalue weighted by Gasteiger charge is 2.21. The second-order valence-electron chi connectivity index (χ2n) is 4.45. The number of carboxylic acids is 1. The largest absolute Gasteiger partial charge is 0.497 e. The lowest BCUT2D eigenvalue weighted by molar-refractivity contribution is -0.138. The Morgan fingerprint density at radius 1 is 1.52 bits per heavy atom. The Kier molecular flexibility index (Phi) is 4.46. The number of carboxylic acid groups (broad SMARTS) is 1. The van der Waals surface area contributed by atoms with Crippen molar-refractivity contribution in [1.29, 1.82) is 0 Å². The van der Waals surface area contributed by atoms with Crippen molar-refractivity contribution in [3.8, 4) is 17.1 Å². The van der Waals surface area contributed by atoms with Gasteiger partial charge in [0.2, 0.25) is 0 Å². The van der Waals surface area contributed by atoms with E-state index in [0.29, 0.717) is 12.2 Å². The van der Waals surface area contributed by atoms with Crippen LogP contribution >= 0.6 is 0 Å². The molecule has 1 unspecified atom stereocenters. The predicted molar refractivity (Wildman–Crippen MR) is 71.3 cm³/mol. The Hall–Kier alpha value is -2.51. The summed E-state index contributed by atoms with van der Waals surface area (Å²) in [5.74, 6) is -0.912. The molecule has 0 radical (unpaired) electrons. The first kappa shape index (κ1) is 14.9. The first-order valence-corrected chi connectivity index (χ1v) is 6.40. The standard InChI is InChI=1S/C13H15FN4O3/c1-3-8(6-12(19)20)18-13(15-16-17-18)10-5-4-9(21-2)7-11(10)14/h4-5,7-8H,3,6H2,1-2H3,(H,19,20). The van der Waals surface area contributed by atoms with Gasteiger partial charge in [0, 0.05) is 6.07 Å². The van der Waals surface area contributed by atoms with Gasteiger partial charge in [-0.1, -0.05) is 6.92 Å². The maximum absolute atomic E-state index is 14.1. The minimum atomic E-state index is -0.960. The molecule has 8 heteroatoms. The molecule has 1 aromatic carbocycles. The second-order valence-corrected chi connectivity index (χ2v) is 4.45. The molecule has 0 saturated carbocycles. The summed E-state index contributed by atoms with van der Waals surface area (Å²) in [5.41, 5.74) is 0.199. The molecule has 0 aliphatic rings. The average Bonchev–Trinajstić information content (AvgIpc) is 2.93. The minimum absolute atomic E-state index is 0.133. The molecule has 0 fully saturated rings. The van der Waals surface area contributed by atoms with Crippen LogP contribution in [0.4, 0.5) is 4.39 Å². The number of carbonyl (C=O) groups is 1. The molecule has 1 atom stereocenters. The topological polar surface area (TPSA) is 90.1 Å². The van der Waals surface area contributed by atoms with E-state index in [4.69, 9.17) is 9.84 Å². The molecule has 112 valence electrons. The Balaban J connectivity index is 2.42. The fourth-order valence-electron chi connectivity index (χ4n) is 2.03. The van der Waals surface area contributed by atoms with Crippen LogP contribution in [0.2, 0.25) is 0 Å². The van der Waals surface area contributed by atoms with Crippen molar-refractivity contribution < 1.29 is 19.0 Å². The first-order chi connectivity index (χ1) is 10.1. The van der Waals surface area contributed by atoms with E-state index in [0.717, 1.165) is 0 Å². The monoisotopic (exact) mass is 294 g/mol. The van der Waals surface area contributed by atoms with Crippen molar-refractivity contribution in [1.82, 2.24) is 20.2 Å². The Labute approximate surface area is 120 Å². The fourth-order valence-corrected chi connectivity index (χ4v) is 2.03. The number of methoxy groups -OCH3 is 1. The fraction of sp³-hybridized carbons (Fsp3) is 0.385. The Morgan fingerprint density at radius 3 is 2.86 bits per heavy atom. The highest BCUT2D eigenvalue weighted by Crippen LogP contribution is 2.27. The molecule has 1 heterocycles. The summed E-state index contributed by atoms with van der Waals surface area (Å²) in [6, 6.07) is 3.89. The molecule has 2 aromatic rings. The number of rotatable bonds is 6. The smallest absolute Gasteiger partial charge is 0.305 e. The zero-order valence-corrected chi connectivity index (χ0v) is 11.7. The molecule has 21 heavy (non-hydrogen) atoms. The van der Waals surface area contributed by atoms with Crippen LogP contribution in [0.25, 0.3) is 11.4 Å². The summed E-state index contributed by atoms with van der Waals surface area (Å²) in [6.07, 6.45) is 0.383. The lowest BCUT2D eigenvalue weighted by Gasteiger charge is -2.14. The number of aromatic nitrogens is 4. The molecule has 1 aromatic heterocycles. The number of nitrogens with zero attached hydrogens (tertiary/aromatic N) is 4. The van der Waals surface area contributed by atoms with Gasteiger partial charge in [0.25, 0.3) is 0 Å². The van der Waals surface area contributed by atoms with Gasteiger partial charge >= 0.3 is 5.97 Å². The molecule has 0 amide bonds. The van der Waals surface area contributed by atoms with Gasteiger partial charge in [-0.25, -0.2) is 9.07 Å². The maximum Gasteiger partial charge on any atom is 0.305 e. The van der Waals surface area contributed by atoms with E-state index >= 15 is 0 Å². The Morgan fingerprint density at radius 2 is 2.29 bits per heavy atom. The van der Waals surface area contributed by atoms with Crippen LogP contribution in [-0.4, -0.2) is 38.4 Å². The normalized spacial score (nSPS) is 12.1. The molecule has 1 N–H and O–H groups in total. The van der Waals surface area contributed by atoms with E-state index in [1.54, 1.807) is 6.07 Å². The molecular weight excluding hydrogens is 279 g/mol. The van der Waals surface area contributed by atoms with Crippen molar-refractivity contribution >= 4 is 5.97 Å². The lowest BCUT2D eigenvalue weighted by Crippen LogP contribution is -2.16. The number of benzene rings is 1. The number of hydrogen-bond donors (Lipinski definition) is 1. The van der Waals surface area contributed by atoms with Crippen LogP contribution in [0.15, 0.2) is 18.2 Å². The summed E-state index contributed by atoms with van der Waals surface area (Å²) >= 11 is 0. The third kappa shape index (κ3) is 3.15. The summed E-state index contributed by atoms with van der Waals surface area (Å²) in [7, 11) is 1.44. The highest BCUT2D eigenvalue weighted by molar-refractivity contribution is 5.67. The quantitative estimate of drug-likeness (QED) is 0.875. The zero-order valence-electron chi connectivity index (χ0n) is 11.7. The van der Waals surface area contributed by atoms with Crippen LogP contribution in [0.1, 0.15) is 25.8 Å². The summed E-state index contributed by atoms with van der Waals surface area (Å²) in [4.78, 5) is 10.9. The van der Waals surface area contributed by atoms with Gasteiger partial charge in [-0.05, 0) is 29.0 Å². The number of hydrogen-bond acceptors (Lipinski definition) is 5. The van der Waals surface area contributed by atoms with Crippen molar-refractivity contribution in [3.05, 3.63) is 24.0 Å². The van der Waals surface area contributed by atoms with E-state index in [2.05, 4.69) is 15.5 Å². The SMILES string of the molecule is CCC(CC(=O)O)n1nnnc1-c1ccc(OC)cc1F. The van der Waals surface area contributed by atoms with Crippen LogP contribution in [-0.2, 0) is 4.79 Å². The average molecular weight is 294 g/mol. The van der Waals surface area contributed by atoms with Crippen LogP contribution in [0, 0.1) is 5.82 Å². The van der Waals surface area contributed by atoms with Crippen molar-refractivity contribution in [3.63, 3.8) is 0 Å². The maximum atomic E-state index is 14.1. The molecular formula is C13H15FN4O3. The molecule has 0 saturated heterocycles. The second kappa shape index (κ2) is 6.29. The molecule has 0 bridgehead atoms. The van der Waals surface area contributed by atoms with Gasteiger partial charge in [0.15, 0.2) is 5.82 Å². The van der Waals surface area contributed by atoms with E-state index in [1.165, 1.54) is 23.9 Å². The number of halogens is 1. The van der Waals surface area contributed by atoms with E-state index < -0.39 is 17.8 Å². The number of aliphatic carboxylic acids is 1. The molecule has 0 aliphatic heterocycles. The molecule has 7 nitrogen and oxygen atoms in total.